The fourth-order valence-electron chi connectivity index (χ4n) is 3.21. The van der Waals surface area contributed by atoms with Crippen molar-refractivity contribution in [1.82, 2.24) is 14.8 Å². The van der Waals surface area contributed by atoms with Gasteiger partial charge in [0.2, 0.25) is 0 Å². The molecule has 0 fully saturated rings. The van der Waals surface area contributed by atoms with Crippen molar-refractivity contribution in [1.29, 1.82) is 0 Å². The van der Waals surface area contributed by atoms with Gasteiger partial charge in [-0.25, -0.2) is 0 Å². The first kappa shape index (κ1) is 20.8. The van der Waals surface area contributed by atoms with Crippen molar-refractivity contribution in [2.45, 2.75) is 0 Å². The van der Waals surface area contributed by atoms with Crippen LogP contribution in [0.25, 0.3) is 11.4 Å². The Morgan fingerprint density at radius 3 is 2.41 bits per heavy atom. The van der Waals surface area contributed by atoms with E-state index in [4.69, 9.17) is 4.74 Å². The number of methoxy groups -OCH3 is 1. The Hall–Kier alpha value is -4.46. The summed E-state index contributed by atoms with van der Waals surface area (Å²) in [6.45, 7) is 0. The van der Waals surface area contributed by atoms with E-state index in [1.165, 1.54) is 0 Å². The maximum atomic E-state index is 13.0. The molecule has 0 radical (unpaired) electrons. The quantitative estimate of drug-likeness (QED) is 0.485. The third-order valence-electron chi connectivity index (χ3n) is 4.86. The first-order chi connectivity index (χ1) is 15.5. The van der Waals surface area contributed by atoms with Crippen LogP contribution in [0.15, 0.2) is 79.1 Å². The second-order valence-corrected chi connectivity index (χ2v) is 7.03. The number of ether oxygens (including phenoxy) is 1. The van der Waals surface area contributed by atoms with Gasteiger partial charge in [-0.3, -0.25) is 9.59 Å². The predicted octanol–water partition coefficient (Wildman–Crippen LogP) is 4.00. The van der Waals surface area contributed by atoms with E-state index in [1.807, 2.05) is 25.2 Å². The first-order valence-electron chi connectivity index (χ1n) is 9.85. The Morgan fingerprint density at radius 2 is 1.69 bits per heavy atom. The maximum Gasteiger partial charge on any atom is 0.257 e. The van der Waals surface area contributed by atoms with Gasteiger partial charge >= 0.3 is 0 Å². The van der Waals surface area contributed by atoms with Crippen molar-refractivity contribution in [2.75, 3.05) is 17.7 Å². The molecule has 0 spiro atoms. The standard InChI is InChI=1S/C24H21N5O3/c1-29-15-25-28-22(29)17-6-5-7-18(14-17)26-24(31)20-8-3-4-9-21(20)27-23(30)16-10-12-19(32-2)13-11-16/h3-15H,1-2H3,(H,26,31)(H,27,30). The average molecular weight is 427 g/mol. The smallest absolute Gasteiger partial charge is 0.257 e. The van der Waals surface area contributed by atoms with Crippen LogP contribution >= 0.6 is 0 Å². The van der Waals surface area contributed by atoms with E-state index in [9.17, 15) is 9.59 Å². The maximum absolute atomic E-state index is 13.0. The van der Waals surface area contributed by atoms with E-state index in [0.29, 0.717) is 34.1 Å². The van der Waals surface area contributed by atoms with E-state index in [1.54, 1.807) is 72.6 Å². The molecule has 1 aromatic heterocycles. The minimum absolute atomic E-state index is 0.322. The number of amides is 2. The lowest BCUT2D eigenvalue weighted by atomic mass is 10.1. The Kier molecular flexibility index (Phi) is 5.94. The molecule has 0 saturated heterocycles. The summed E-state index contributed by atoms with van der Waals surface area (Å²) in [6, 6.07) is 20.9. The minimum Gasteiger partial charge on any atom is -0.497 e. The molecule has 2 N–H and O–H groups in total. The molecule has 2 amide bonds. The lowest BCUT2D eigenvalue weighted by Gasteiger charge is -2.12. The highest BCUT2D eigenvalue weighted by molar-refractivity contribution is 6.12. The summed E-state index contributed by atoms with van der Waals surface area (Å²) < 4.78 is 6.92. The number of aromatic nitrogens is 3. The number of hydrogen-bond donors (Lipinski definition) is 2. The molecule has 8 nitrogen and oxygen atoms in total. The Balaban J connectivity index is 1.53. The molecule has 0 atom stereocenters. The molecule has 1 heterocycles. The summed E-state index contributed by atoms with van der Waals surface area (Å²) in [5.74, 6) is 0.682. The van der Waals surface area contributed by atoms with Crippen LogP contribution < -0.4 is 15.4 Å². The Bertz CT molecular complexity index is 1260. The van der Waals surface area contributed by atoms with Gasteiger partial charge in [-0.2, -0.15) is 0 Å². The van der Waals surface area contributed by atoms with Gasteiger partial charge in [0, 0.05) is 23.9 Å². The van der Waals surface area contributed by atoms with Gasteiger partial charge in [0.15, 0.2) is 5.82 Å². The van der Waals surface area contributed by atoms with Gasteiger partial charge < -0.3 is 19.9 Å². The van der Waals surface area contributed by atoms with Crippen LogP contribution in [0.1, 0.15) is 20.7 Å². The van der Waals surface area contributed by atoms with E-state index >= 15 is 0 Å². The number of para-hydroxylation sites is 1. The Labute approximate surface area is 184 Å². The molecule has 4 rings (SSSR count). The molecule has 0 unspecified atom stereocenters. The van der Waals surface area contributed by atoms with Crippen molar-refractivity contribution in [3.8, 4) is 17.1 Å². The summed E-state index contributed by atoms with van der Waals surface area (Å²) in [5, 5.41) is 13.7. The molecule has 0 bridgehead atoms. The molecule has 160 valence electrons. The van der Waals surface area contributed by atoms with Crippen LogP contribution in [-0.4, -0.2) is 33.7 Å². The molecule has 0 aliphatic rings. The number of nitrogens with one attached hydrogen (secondary N) is 2. The average Bonchev–Trinajstić information content (AvgIpc) is 3.25. The number of anilines is 2. The lowest BCUT2D eigenvalue weighted by Crippen LogP contribution is -2.18. The van der Waals surface area contributed by atoms with E-state index < -0.39 is 0 Å². The van der Waals surface area contributed by atoms with Gasteiger partial charge in [0.05, 0.1) is 18.4 Å². The summed E-state index contributed by atoms with van der Waals surface area (Å²) in [6.07, 6.45) is 1.61. The number of hydrogen-bond acceptors (Lipinski definition) is 5. The molecule has 0 saturated carbocycles. The summed E-state index contributed by atoms with van der Waals surface area (Å²) in [5.41, 5.74) is 2.64. The number of rotatable bonds is 6. The number of nitrogens with zero attached hydrogens (tertiary/aromatic N) is 3. The second kappa shape index (κ2) is 9.13. The number of carbonyl (C=O) groups is 2. The normalized spacial score (nSPS) is 10.4. The predicted molar refractivity (Wildman–Crippen MR) is 122 cm³/mol. The number of aryl methyl sites for hydroxylation is 1. The van der Waals surface area contributed by atoms with Gasteiger partial charge in [0.1, 0.15) is 12.1 Å². The van der Waals surface area contributed by atoms with E-state index in [-0.39, 0.29) is 11.8 Å². The zero-order valence-corrected chi connectivity index (χ0v) is 17.6. The molecular weight excluding hydrogens is 406 g/mol. The van der Waals surface area contributed by atoms with Gasteiger partial charge in [0.25, 0.3) is 11.8 Å². The topological polar surface area (TPSA) is 98.1 Å². The number of benzene rings is 3. The van der Waals surface area contributed by atoms with Crippen LogP contribution in [0, 0.1) is 0 Å². The zero-order chi connectivity index (χ0) is 22.5. The molecule has 3 aromatic carbocycles. The molecule has 8 heteroatoms. The monoisotopic (exact) mass is 427 g/mol. The fourth-order valence-corrected chi connectivity index (χ4v) is 3.21. The van der Waals surface area contributed by atoms with Gasteiger partial charge in [-0.05, 0) is 48.5 Å². The third kappa shape index (κ3) is 4.49. The van der Waals surface area contributed by atoms with Crippen molar-refractivity contribution in [2.24, 2.45) is 7.05 Å². The van der Waals surface area contributed by atoms with Crippen molar-refractivity contribution in [3.63, 3.8) is 0 Å². The van der Waals surface area contributed by atoms with Crippen LogP contribution in [0.4, 0.5) is 11.4 Å². The van der Waals surface area contributed by atoms with Crippen LogP contribution in [0.5, 0.6) is 5.75 Å². The van der Waals surface area contributed by atoms with Crippen molar-refractivity contribution in [3.05, 3.63) is 90.3 Å². The minimum atomic E-state index is -0.342. The highest BCUT2D eigenvalue weighted by atomic mass is 16.5. The first-order valence-corrected chi connectivity index (χ1v) is 9.85. The van der Waals surface area contributed by atoms with Gasteiger partial charge in [-0.1, -0.05) is 24.3 Å². The number of carbonyl (C=O) groups excluding carboxylic acids is 2. The largest absolute Gasteiger partial charge is 0.497 e. The van der Waals surface area contributed by atoms with Gasteiger partial charge in [-0.15, -0.1) is 10.2 Å². The molecule has 0 aliphatic heterocycles. The fraction of sp³-hybridized carbons (Fsp3) is 0.0833. The van der Waals surface area contributed by atoms with Crippen LogP contribution in [0.2, 0.25) is 0 Å². The Morgan fingerprint density at radius 1 is 0.906 bits per heavy atom. The van der Waals surface area contributed by atoms with Crippen molar-refractivity contribution < 1.29 is 14.3 Å². The molecule has 0 aliphatic carbocycles. The highest BCUT2D eigenvalue weighted by Gasteiger charge is 2.15. The van der Waals surface area contributed by atoms with Crippen LogP contribution in [-0.2, 0) is 7.05 Å². The molecule has 32 heavy (non-hydrogen) atoms. The third-order valence-corrected chi connectivity index (χ3v) is 4.86. The van der Waals surface area contributed by atoms with Crippen molar-refractivity contribution >= 4 is 23.2 Å². The summed E-state index contributed by atoms with van der Waals surface area (Å²) in [4.78, 5) is 25.6. The molecule has 4 aromatic rings. The van der Waals surface area contributed by atoms with E-state index in [2.05, 4.69) is 20.8 Å². The summed E-state index contributed by atoms with van der Waals surface area (Å²) >= 11 is 0. The molecular formula is C24H21N5O3. The highest BCUT2D eigenvalue weighted by Crippen LogP contribution is 2.23. The second-order valence-electron chi connectivity index (χ2n) is 7.03. The SMILES string of the molecule is COc1ccc(C(=O)Nc2ccccc2C(=O)Nc2cccc(-c3nncn3C)c2)cc1. The lowest BCUT2D eigenvalue weighted by molar-refractivity contribution is 0.102. The zero-order valence-electron chi connectivity index (χ0n) is 17.6. The summed E-state index contributed by atoms with van der Waals surface area (Å²) in [7, 11) is 3.41. The van der Waals surface area contributed by atoms with Crippen LogP contribution in [0.3, 0.4) is 0 Å². The van der Waals surface area contributed by atoms with E-state index in [0.717, 1.165) is 5.56 Å².